The maximum Gasteiger partial charge on any atom is 0.0188 e. The first-order valence-corrected chi connectivity index (χ1v) is 3.85. The Hall–Kier alpha value is 0.600. The van der Waals surface area contributed by atoms with Crippen molar-refractivity contribution in [2.24, 2.45) is 0 Å². The smallest absolute Gasteiger partial charge is 0.0188 e. The van der Waals surface area contributed by atoms with Gasteiger partial charge in [-0.25, -0.2) is 0 Å². The molecule has 2 heterocycles. The fourth-order valence-electron chi connectivity index (χ4n) is 1.29. The highest BCUT2D eigenvalue weighted by Gasteiger charge is 2.30. The molecule has 8 heavy (non-hydrogen) atoms. The van der Waals surface area contributed by atoms with E-state index in [-0.39, 0.29) is 12.4 Å². The maximum absolute atomic E-state index is 3.44. The molecule has 2 unspecified atom stereocenters. The number of rotatable bonds is 0. The number of hydrogen-bond acceptors (Lipinski definition) is 2. The minimum atomic E-state index is 0. The Balaban J connectivity index is 0.000000320. The second-order valence-electron chi connectivity index (χ2n) is 2.30. The maximum atomic E-state index is 3.44. The van der Waals surface area contributed by atoms with Gasteiger partial charge in [0.15, 0.2) is 0 Å². The van der Waals surface area contributed by atoms with Crippen LogP contribution < -0.4 is 5.32 Å². The summed E-state index contributed by atoms with van der Waals surface area (Å²) < 4.78 is 0. The van der Waals surface area contributed by atoms with Crippen molar-refractivity contribution < 1.29 is 0 Å². The molecule has 1 nitrogen and oxygen atoms in total. The van der Waals surface area contributed by atoms with E-state index >= 15 is 0 Å². The number of hydrogen-bond donors (Lipinski definition) is 1. The van der Waals surface area contributed by atoms with Crippen LogP contribution in [0.1, 0.15) is 6.42 Å². The molecular weight excluding hydrogens is 142 g/mol. The van der Waals surface area contributed by atoms with E-state index in [0.29, 0.717) is 0 Å². The third-order valence-electron chi connectivity index (χ3n) is 1.71. The lowest BCUT2D eigenvalue weighted by molar-refractivity contribution is 0.679. The van der Waals surface area contributed by atoms with Gasteiger partial charge in [0.25, 0.3) is 0 Å². The standard InChI is InChI=1S/C5H9NS.ClH/c1-4-3-7-5(1)2-6-4;/h4-6H,1-3H2;1H. The van der Waals surface area contributed by atoms with Gasteiger partial charge in [-0.05, 0) is 6.42 Å². The molecule has 0 aromatic heterocycles. The normalized spacial score (nSPS) is 42.0. The molecule has 2 saturated heterocycles. The van der Waals surface area contributed by atoms with Gasteiger partial charge in [-0.15, -0.1) is 12.4 Å². The minimum Gasteiger partial charge on any atom is -0.312 e. The Labute approximate surface area is 60.0 Å². The predicted octanol–water partition coefficient (Wildman–Crippen LogP) is 0.885. The molecule has 3 heteroatoms. The number of nitrogens with one attached hydrogen (secondary N) is 1. The molecule has 2 atom stereocenters. The third-order valence-corrected chi connectivity index (χ3v) is 3.14. The van der Waals surface area contributed by atoms with Crippen molar-refractivity contribution in [3.05, 3.63) is 0 Å². The van der Waals surface area contributed by atoms with Crippen LogP contribution in [0.3, 0.4) is 0 Å². The molecule has 1 N–H and O–H groups in total. The molecule has 48 valence electrons. The van der Waals surface area contributed by atoms with Crippen molar-refractivity contribution >= 4 is 24.2 Å². The fourth-order valence-corrected chi connectivity index (χ4v) is 2.63. The first-order valence-electron chi connectivity index (χ1n) is 2.80. The summed E-state index contributed by atoms with van der Waals surface area (Å²) >= 11 is 2.13. The lowest BCUT2D eigenvalue weighted by atomic mass is 10.3. The second kappa shape index (κ2) is 2.46. The molecule has 0 amide bonds. The van der Waals surface area contributed by atoms with Crippen LogP contribution in [0, 0.1) is 0 Å². The van der Waals surface area contributed by atoms with E-state index < -0.39 is 0 Å². The van der Waals surface area contributed by atoms with Crippen molar-refractivity contribution in [2.45, 2.75) is 17.7 Å². The fraction of sp³-hybridized carbons (Fsp3) is 1.00. The number of thioether (sulfide) groups is 1. The summed E-state index contributed by atoms with van der Waals surface area (Å²) in [7, 11) is 0. The summed E-state index contributed by atoms with van der Waals surface area (Å²) in [6.07, 6.45) is 1.44. The van der Waals surface area contributed by atoms with E-state index in [1.54, 1.807) is 0 Å². The summed E-state index contributed by atoms with van der Waals surface area (Å²) in [6.45, 7) is 1.27. The molecule has 2 rings (SSSR count). The quantitative estimate of drug-likeness (QED) is 0.552. The van der Waals surface area contributed by atoms with Crippen LogP contribution in [0.2, 0.25) is 0 Å². The average Bonchev–Trinajstić information content (AvgIpc) is 2.22. The van der Waals surface area contributed by atoms with Crippen LogP contribution in [-0.2, 0) is 0 Å². The summed E-state index contributed by atoms with van der Waals surface area (Å²) in [6, 6.07) is 0.884. The van der Waals surface area contributed by atoms with E-state index in [1.165, 1.54) is 18.7 Å². The highest BCUT2D eigenvalue weighted by molar-refractivity contribution is 8.00. The molecule has 0 spiro atoms. The zero-order valence-corrected chi connectivity index (χ0v) is 6.23. The van der Waals surface area contributed by atoms with Gasteiger partial charge < -0.3 is 5.32 Å². The van der Waals surface area contributed by atoms with E-state index in [4.69, 9.17) is 0 Å². The summed E-state index contributed by atoms with van der Waals surface area (Å²) in [4.78, 5) is 0. The Morgan fingerprint density at radius 1 is 1.50 bits per heavy atom. The van der Waals surface area contributed by atoms with Crippen LogP contribution in [0.25, 0.3) is 0 Å². The van der Waals surface area contributed by atoms with Gasteiger partial charge in [-0.3, -0.25) is 0 Å². The molecule has 2 bridgehead atoms. The Morgan fingerprint density at radius 3 is 2.50 bits per heavy atom. The first-order chi connectivity index (χ1) is 3.45. The van der Waals surface area contributed by atoms with Gasteiger partial charge in [0.05, 0.1) is 0 Å². The average molecular weight is 152 g/mol. The van der Waals surface area contributed by atoms with Crippen LogP contribution >= 0.6 is 24.2 Å². The van der Waals surface area contributed by atoms with Crippen LogP contribution in [0.15, 0.2) is 0 Å². The van der Waals surface area contributed by atoms with E-state index in [1.807, 2.05) is 0 Å². The molecule has 0 saturated carbocycles. The largest absolute Gasteiger partial charge is 0.312 e. The molecule has 2 aliphatic rings. The van der Waals surface area contributed by atoms with Gasteiger partial charge in [-0.1, -0.05) is 0 Å². The monoisotopic (exact) mass is 151 g/mol. The van der Waals surface area contributed by atoms with E-state index in [9.17, 15) is 0 Å². The Bertz CT molecular complexity index is 70.5. The zero-order valence-electron chi connectivity index (χ0n) is 4.59. The van der Waals surface area contributed by atoms with Gasteiger partial charge >= 0.3 is 0 Å². The number of fused-ring (bicyclic) bond motifs is 2. The SMILES string of the molecule is C1SC2CNC1C2.Cl. The van der Waals surface area contributed by atoms with Crippen LogP contribution in [0.5, 0.6) is 0 Å². The van der Waals surface area contributed by atoms with Crippen molar-refractivity contribution in [1.82, 2.24) is 5.32 Å². The van der Waals surface area contributed by atoms with Crippen molar-refractivity contribution in [3.63, 3.8) is 0 Å². The van der Waals surface area contributed by atoms with Crippen molar-refractivity contribution in [3.8, 4) is 0 Å². The first kappa shape index (κ1) is 6.72. The molecule has 0 aromatic rings. The molecular formula is C5H10ClNS. The summed E-state index contributed by atoms with van der Waals surface area (Å²) in [5, 5.41) is 4.41. The molecule has 2 aliphatic heterocycles. The summed E-state index contributed by atoms with van der Waals surface area (Å²) in [5.74, 6) is 1.37. The third kappa shape index (κ3) is 0.971. The minimum absolute atomic E-state index is 0. The molecule has 0 aromatic carbocycles. The van der Waals surface area contributed by atoms with Gasteiger partial charge in [0.2, 0.25) is 0 Å². The second-order valence-corrected chi connectivity index (χ2v) is 3.63. The van der Waals surface area contributed by atoms with E-state index in [2.05, 4.69) is 17.1 Å². The predicted molar refractivity (Wildman–Crippen MR) is 39.9 cm³/mol. The topological polar surface area (TPSA) is 12.0 Å². The highest BCUT2D eigenvalue weighted by Crippen LogP contribution is 2.30. The molecule has 2 fully saturated rings. The van der Waals surface area contributed by atoms with Crippen LogP contribution in [-0.4, -0.2) is 23.6 Å². The Morgan fingerprint density at radius 2 is 2.38 bits per heavy atom. The van der Waals surface area contributed by atoms with Crippen molar-refractivity contribution in [2.75, 3.05) is 12.3 Å². The number of halogens is 1. The zero-order chi connectivity index (χ0) is 4.69. The van der Waals surface area contributed by atoms with Crippen LogP contribution in [0.4, 0.5) is 0 Å². The Kier molecular flexibility index (Phi) is 2.07. The molecule has 0 radical (unpaired) electrons. The highest BCUT2D eigenvalue weighted by atomic mass is 35.5. The lowest BCUT2D eigenvalue weighted by Crippen LogP contribution is -2.26. The molecule has 0 aliphatic carbocycles. The summed E-state index contributed by atoms with van der Waals surface area (Å²) in [5.41, 5.74) is 0. The van der Waals surface area contributed by atoms with Gasteiger partial charge in [0, 0.05) is 23.6 Å². The van der Waals surface area contributed by atoms with Gasteiger partial charge in [-0.2, -0.15) is 11.8 Å². The van der Waals surface area contributed by atoms with E-state index in [0.717, 1.165) is 11.3 Å². The van der Waals surface area contributed by atoms with Crippen molar-refractivity contribution in [1.29, 1.82) is 0 Å². The lowest BCUT2D eigenvalue weighted by Gasteiger charge is -2.08. The van der Waals surface area contributed by atoms with Gasteiger partial charge in [0.1, 0.15) is 0 Å².